The Bertz CT molecular complexity index is 437. The van der Waals surface area contributed by atoms with Gasteiger partial charge in [0.15, 0.2) is 0 Å². The molecule has 0 aliphatic carbocycles. The van der Waals surface area contributed by atoms with Gasteiger partial charge in [0.2, 0.25) is 0 Å². The summed E-state index contributed by atoms with van der Waals surface area (Å²) in [6, 6.07) is 6.02. The maximum atomic E-state index is 6.01. The van der Waals surface area contributed by atoms with E-state index in [1.54, 1.807) is 0 Å². The van der Waals surface area contributed by atoms with E-state index in [1.165, 1.54) is 0 Å². The second-order valence-corrected chi connectivity index (χ2v) is 5.69. The zero-order valence-corrected chi connectivity index (χ0v) is 13.3. The Morgan fingerprint density at radius 3 is 2.76 bits per heavy atom. The lowest BCUT2D eigenvalue weighted by atomic mass is 10.1. The molecule has 1 aliphatic heterocycles. The lowest BCUT2D eigenvalue weighted by molar-refractivity contribution is 0.0440. The third-order valence-electron chi connectivity index (χ3n) is 3.69. The molecule has 2 N–H and O–H groups in total. The molecule has 1 unspecified atom stereocenters. The molecule has 2 rings (SSSR count). The van der Waals surface area contributed by atoms with Crippen molar-refractivity contribution in [3.05, 3.63) is 18.2 Å². The molecule has 0 saturated carbocycles. The number of anilines is 2. The molecular formula is C17H28N2O2. The summed E-state index contributed by atoms with van der Waals surface area (Å²) >= 11 is 0. The monoisotopic (exact) mass is 292 g/mol. The fourth-order valence-corrected chi connectivity index (χ4v) is 2.68. The Balaban J connectivity index is 2.03. The molecule has 1 fully saturated rings. The van der Waals surface area contributed by atoms with Crippen LogP contribution in [0.2, 0.25) is 0 Å². The number of nitrogen functional groups attached to an aromatic ring is 1. The van der Waals surface area contributed by atoms with E-state index in [2.05, 4.69) is 24.8 Å². The van der Waals surface area contributed by atoms with Gasteiger partial charge in [-0.2, -0.15) is 0 Å². The van der Waals surface area contributed by atoms with Gasteiger partial charge in [-0.25, -0.2) is 0 Å². The molecule has 21 heavy (non-hydrogen) atoms. The minimum absolute atomic E-state index is 0.333. The van der Waals surface area contributed by atoms with Crippen molar-refractivity contribution < 1.29 is 9.47 Å². The van der Waals surface area contributed by atoms with Gasteiger partial charge in [-0.15, -0.1) is 0 Å². The normalized spacial score (nSPS) is 18.8. The molecule has 1 atom stereocenters. The van der Waals surface area contributed by atoms with Gasteiger partial charge in [-0.3, -0.25) is 0 Å². The molecule has 4 nitrogen and oxygen atoms in total. The molecule has 0 bridgehead atoms. The first-order valence-electron chi connectivity index (χ1n) is 8.12. The molecule has 118 valence electrons. The highest BCUT2D eigenvalue weighted by Crippen LogP contribution is 2.28. The molecule has 0 radical (unpaired) electrons. The predicted molar refractivity (Wildman–Crippen MR) is 88.1 cm³/mol. The Hall–Kier alpha value is -1.42. The van der Waals surface area contributed by atoms with Crippen molar-refractivity contribution >= 4 is 11.4 Å². The van der Waals surface area contributed by atoms with Gasteiger partial charge in [0.1, 0.15) is 5.75 Å². The lowest BCUT2D eigenvalue weighted by Crippen LogP contribution is -2.39. The van der Waals surface area contributed by atoms with Gasteiger partial charge < -0.3 is 20.1 Å². The average molecular weight is 292 g/mol. The minimum Gasteiger partial charge on any atom is -0.493 e. The first-order valence-corrected chi connectivity index (χ1v) is 8.12. The van der Waals surface area contributed by atoms with E-state index < -0.39 is 0 Å². The van der Waals surface area contributed by atoms with Crippen LogP contribution < -0.4 is 15.4 Å². The fraction of sp³-hybridized carbons (Fsp3) is 0.647. The SMILES string of the molecule is CCCOc1cc(N)cc(N2CCCC(OCCC)C2)c1. The van der Waals surface area contributed by atoms with Crippen LogP contribution in [0.3, 0.4) is 0 Å². The summed E-state index contributed by atoms with van der Waals surface area (Å²) in [4.78, 5) is 2.36. The van der Waals surface area contributed by atoms with Crippen LogP contribution in [0.1, 0.15) is 39.5 Å². The third kappa shape index (κ3) is 4.81. The lowest BCUT2D eigenvalue weighted by Gasteiger charge is -2.34. The van der Waals surface area contributed by atoms with Crippen LogP contribution in [0.15, 0.2) is 18.2 Å². The highest BCUT2D eigenvalue weighted by Gasteiger charge is 2.21. The van der Waals surface area contributed by atoms with Crippen LogP contribution in [0.25, 0.3) is 0 Å². The van der Waals surface area contributed by atoms with E-state index in [0.717, 1.165) is 69.1 Å². The van der Waals surface area contributed by atoms with Crippen LogP contribution in [-0.2, 0) is 4.74 Å². The first kappa shape index (κ1) is 16.0. The van der Waals surface area contributed by atoms with E-state index in [0.29, 0.717) is 6.10 Å². The highest BCUT2D eigenvalue weighted by molar-refractivity contribution is 5.60. The number of rotatable bonds is 7. The van der Waals surface area contributed by atoms with E-state index in [1.807, 2.05) is 12.1 Å². The Morgan fingerprint density at radius 2 is 2.00 bits per heavy atom. The highest BCUT2D eigenvalue weighted by atomic mass is 16.5. The number of nitrogens with two attached hydrogens (primary N) is 1. The molecule has 1 aliphatic rings. The number of piperidine rings is 1. The maximum absolute atomic E-state index is 6.01. The smallest absolute Gasteiger partial charge is 0.123 e. The molecule has 0 spiro atoms. The van der Waals surface area contributed by atoms with Crippen LogP contribution in [0.4, 0.5) is 11.4 Å². The predicted octanol–water partition coefficient (Wildman–Crippen LogP) is 3.45. The molecule has 1 heterocycles. The van der Waals surface area contributed by atoms with Crippen LogP contribution in [-0.4, -0.2) is 32.4 Å². The summed E-state index contributed by atoms with van der Waals surface area (Å²) in [5, 5.41) is 0. The van der Waals surface area contributed by atoms with Crippen molar-refractivity contribution in [3.63, 3.8) is 0 Å². The minimum atomic E-state index is 0.333. The molecule has 1 saturated heterocycles. The first-order chi connectivity index (χ1) is 10.2. The molecule has 1 aromatic rings. The number of ether oxygens (including phenoxy) is 2. The summed E-state index contributed by atoms with van der Waals surface area (Å²) in [6.07, 6.45) is 4.72. The van der Waals surface area contributed by atoms with E-state index in [-0.39, 0.29) is 0 Å². The summed E-state index contributed by atoms with van der Waals surface area (Å²) in [6.45, 7) is 7.83. The van der Waals surface area contributed by atoms with Crippen molar-refractivity contribution in [1.29, 1.82) is 0 Å². The zero-order chi connectivity index (χ0) is 15.1. The molecular weight excluding hydrogens is 264 g/mol. The van der Waals surface area contributed by atoms with E-state index in [9.17, 15) is 0 Å². The van der Waals surface area contributed by atoms with Crippen LogP contribution >= 0.6 is 0 Å². The summed E-state index contributed by atoms with van der Waals surface area (Å²) in [5.74, 6) is 0.864. The average Bonchev–Trinajstić information content (AvgIpc) is 2.50. The zero-order valence-electron chi connectivity index (χ0n) is 13.3. The topological polar surface area (TPSA) is 47.7 Å². The van der Waals surface area contributed by atoms with E-state index >= 15 is 0 Å². The Labute approximate surface area is 128 Å². The largest absolute Gasteiger partial charge is 0.493 e. The van der Waals surface area contributed by atoms with Crippen molar-refractivity contribution in [3.8, 4) is 5.75 Å². The van der Waals surface area contributed by atoms with Crippen LogP contribution in [0, 0.1) is 0 Å². The van der Waals surface area contributed by atoms with Crippen LogP contribution in [0.5, 0.6) is 5.75 Å². The standard InChI is InChI=1S/C17H28N2O2/c1-3-8-20-16-6-5-7-19(13-16)15-10-14(18)11-17(12-15)21-9-4-2/h10-12,16H,3-9,13,18H2,1-2H3. The Morgan fingerprint density at radius 1 is 1.19 bits per heavy atom. The van der Waals surface area contributed by atoms with Crippen molar-refractivity contribution in [1.82, 2.24) is 0 Å². The van der Waals surface area contributed by atoms with Gasteiger partial charge in [0.25, 0.3) is 0 Å². The van der Waals surface area contributed by atoms with Gasteiger partial charge in [0, 0.05) is 43.2 Å². The van der Waals surface area contributed by atoms with Crippen molar-refractivity contribution in [2.24, 2.45) is 0 Å². The second-order valence-electron chi connectivity index (χ2n) is 5.69. The number of benzene rings is 1. The summed E-state index contributed by atoms with van der Waals surface area (Å²) in [7, 11) is 0. The fourth-order valence-electron chi connectivity index (χ4n) is 2.68. The van der Waals surface area contributed by atoms with Gasteiger partial charge in [0.05, 0.1) is 12.7 Å². The number of hydrogen-bond donors (Lipinski definition) is 1. The van der Waals surface area contributed by atoms with Crippen molar-refractivity contribution in [2.45, 2.75) is 45.6 Å². The Kier molecular flexibility index (Phi) is 6.18. The molecule has 4 heteroatoms. The molecule has 0 aromatic heterocycles. The number of hydrogen-bond acceptors (Lipinski definition) is 4. The maximum Gasteiger partial charge on any atom is 0.123 e. The number of nitrogens with zero attached hydrogens (tertiary/aromatic N) is 1. The molecule has 0 amide bonds. The van der Waals surface area contributed by atoms with Gasteiger partial charge in [-0.05, 0) is 31.7 Å². The van der Waals surface area contributed by atoms with Crippen molar-refractivity contribution in [2.75, 3.05) is 36.9 Å². The summed E-state index contributed by atoms with van der Waals surface area (Å²) in [5.41, 5.74) is 7.92. The van der Waals surface area contributed by atoms with E-state index in [4.69, 9.17) is 15.2 Å². The third-order valence-corrected chi connectivity index (χ3v) is 3.69. The van der Waals surface area contributed by atoms with Gasteiger partial charge in [-0.1, -0.05) is 13.8 Å². The second kappa shape index (κ2) is 8.13. The summed E-state index contributed by atoms with van der Waals surface area (Å²) < 4.78 is 11.6. The molecule has 1 aromatic carbocycles. The van der Waals surface area contributed by atoms with Gasteiger partial charge >= 0.3 is 0 Å². The quantitative estimate of drug-likeness (QED) is 0.782.